The van der Waals surface area contributed by atoms with Gasteiger partial charge in [0.2, 0.25) is 0 Å². The summed E-state index contributed by atoms with van der Waals surface area (Å²) < 4.78 is 0.593. The molecule has 0 radical (unpaired) electrons. The highest BCUT2D eigenvalue weighted by Crippen LogP contribution is 2.24. The largest absolute Gasteiger partial charge is 0.507 e. The molecule has 0 saturated carbocycles. The second-order valence-corrected chi connectivity index (χ2v) is 5.23. The molecule has 0 atom stereocenters. The molecule has 0 spiro atoms. The standard InChI is InChI=1S/C11H14BrNO2S/c1-13(5-6-16-2)11(15)8-3-4-9(12)10(14)7-8/h3-4,7,14H,5-6H2,1-2H3. The first-order valence-electron chi connectivity index (χ1n) is 4.79. The Morgan fingerprint density at radius 3 is 2.81 bits per heavy atom. The van der Waals surface area contributed by atoms with Crippen LogP contribution < -0.4 is 0 Å². The van der Waals surface area contributed by atoms with Crippen molar-refractivity contribution in [2.24, 2.45) is 0 Å². The zero-order valence-corrected chi connectivity index (χ0v) is 11.6. The molecule has 0 aliphatic carbocycles. The third-order valence-corrected chi connectivity index (χ3v) is 3.43. The molecule has 1 N–H and O–H groups in total. The maximum atomic E-state index is 11.9. The summed E-state index contributed by atoms with van der Waals surface area (Å²) in [6.07, 6.45) is 2.00. The molecule has 0 aliphatic heterocycles. The first-order valence-corrected chi connectivity index (χ1v) is 6.98. The molecule has 0 saturated heterocycles. The molecule has 1 rings (SSSR count). The van der Waals surface area contributed by atoms with Gasteiger partial charge in [0.05, 0.1) is 4.47 Å². The molecule has 16 heavy (non-hydrogen) atoms. The van der Waals surface area contributed by atoms with Crippen molar-refractivity contribution in [1.29, 1.82) is 0 Å². The van der Waals surface area contributed by atoms with E-state index in [4.69, 9.17) is 0 Å². The topological polar surface area (TPSA) is 40.5 Å². The van der Waals surface area contributed by atoms with Gasteiger partial charge in [-0.25, -0.2) is 0 Å². The summed E-state index contributed by atoms with van der Waals surface area (Å²) in [7, 11) is 1.76. The van der Waals surface area contributed by atoms with E-state index >= 15 is 0 Å². The van der Waals surface area contributed by atoms with Gasteiger partial charge in [-0.3, -0.25) is 4.79 Å². The summed E-state index contributed by atoms with van der Waals surface area (Å²) in [6.45, 7) is 0.705. The monoisotopic (exact) mass is 303 g/mol. The Bertz CT molecular complexity index is 384. The lowest BCUT2D eigenvalue weighted by atomic mass is 10.2. The smallest absolute Gasteiger partial charge is 0.253 e. The van der Waals surface area contributed by atoms with E-state index in [1.54, 1.807) is 35.8 Å². The van der Waals surface area contributed by atoms with E-state index in [1.807, 2.05) is 6.26 Å². The minimum Gasteiger partial charge on any atom is -0.507 e. The van der Waals surface area contributed by atoms with E-state index in [1.165, 1.54) is 6.07 Å². The number of carbonyl (C=O) groups excluding carboxylic acids is 1. The van der Waals surface area contributed by atoms with Gasteiger partial charge in [-0.05, 0) is 40.4 Å². The maximum Gasteiger partial charge on any atom is 0.253 e. The third-order valence-electron chi connectivity index (χ3n) is 2.17. The molecule has 0 aromatic heterocycles. The van der Waals surface area contributed by atoms with Gasteiger partial charge < -0.3 is 10.0 Å². The van der Waals surface area contributed by atoms with Gasteiger partial charge in [-0.2, -0.15) is 11.8 Å². The molecule has 0 heterocycles. The van der Waals surface area contributed by atoms with Crippen LogP contribution in [0.15, 0.2) is 22.7 Å². The molecule has 0 fully saturated rings. The van der Waals surface area contributed by atoms with E-state index in [0.29, 0.717) is 16.6 Å². The average Bonchev–Trinajstić information content (AvgIpc) is 2.28. The highest BCUT2D eigenvalue weighted by atomic mass is 79.9. The SMILES string of the molecule is CSCCN(C)C(=O)c1ccc(Br)c(O)c1. The quantitative estimate of drug-likeness (QED) is 0.929. The number of hydrogen-bond donors (Lipinski definition) is 1. The molecule has 1 aromatic carbocycles. The van der Waals surface area contributed by atoms with Crippen LogP contribution in [0.1, 0.15) is 10.4 Å². The van der Waals surface area contributed by atoms with Gasteiger partial charge in [-0.1, -0.05) is 0 Å². The fraction of sp³-hybridized carbons (Fsp3) is 0.364. The van der Waals surface area contributed by atoms with E-state index in [2.05, 4.69) is 15.9 Å². The minimum atomic E-state index is -0.0724. The zero-order chi connectivity index (χ0) is 12.1. The fourth-order valence-corrected chi connectivity index (χ4v) is 1.90. The molecule has 5 heteroatoms. The predicted octanol–water partition coefficient (Wildman–Crippen LogP) is 2.59. The van der Waals surface area contributed by atoms with Gasteiger partial charge >= 0.3 is 0 Å². The van der Waals surface area contributed by atoms with Crippen LogP contribution in [-0.2, 0) is 0 Å². The predicted molar refractivity (Wildman–Crippen MR) is 71.1 cm³/mol. The number of benzene rings is 1. The summed E-state index contributed by atoms with van der Waals surface area (Å²) >= 11 is 4.88. The maximum absolute atomic E-state index is 11.9. The number of halogens is 1. The third kappa shape index (κ3) is 3.42. The Morgan fingerprint density at radius 2 is 2.25 bits per heavy atom. The number of phenols is 1. The summed E-state index contributed by atoms with van der Waals surface area (Å²) in [4.78, 5) is 13.6. The number of amides is 1. The lowest BCUT2D eigenvalue weighted by Gasteiger charge is -2.16. The second-order valence-electron chi connectivity index (χ2n) is 3.39. The number of thioether (sulfide) groups is 1. The highest BCUT2D eigenvalue weighted by molar-refractivity contribution is 9.10. The van der Waals surface area contributed by atoms with Crippen molar-refractivity contribution >= 4 is 33.6 Å². The molecule has 0 unspecified atom stereocenters. The number of aromatic hydroxyl groups is 1. The van der Waals surface area contributed by atoms with Crippen LogP contribution >= 0.6 is 27.7 Å². The summed E-state index contributed by atoms with van der Waals surface area (Å²) in [5, 5.41) is 9.49. The molecular weight excluding hydrogens is 290 g/mol. The Balaban J connectivity index is 2.76. The van der Waals surface area contributed by atoms with E-state index in [-0.39, 0.29) is 11.7 Å². The number of carbonyl (C=O) groups is 1. The van der Waals surface area contributed by atoms with E-state index in [9.17, 15) is 9.90 Å². The van der Waals surface area contributed by atoms with Crippen molar-refractivity contribution in [2.75, 3.05) is 25.6 Å². The molecule has 1 aromatic rings. The fourth-order valence-electron chi connectivity index (χ4n) is 1.20. The molecule has 88 valence electrons. The Kier molecular flexibility index (Phi) is 5.15. The van der Waals surface area contributed by atoms with Crippen LogP contribution in [-0.4, -0.2) is 41.5 Å². The lowest BCUT2D eigenvalue weighted by Crippen LogP contribution is -2.28. The van der Waals surface area contributed by atoms with Crippen LogP contribution in [0, 0.1) is 0 Å². The van der Waals surface area contributed by atoms with Gasteiger partial charge in [0.15, 0.2) is 0 Å². The van der Waals surface area contributed by atoms with Crippen molar-refractivity contribution in [3.05, 3.63) is 28.2 Å². The molecule has 1 amide bonds. The van der Waals surface area contributed by atoms with Gasteiger partial charge in [0.1, 0.15) is 5.75 Å². The van der Waals surface area contributed by atoms with Crippen LogP contribution in [0.4, 0.5) is 0 Å². The Morgan fingerprint density at radius 1 is 1.56 bits per heavy atom. The van der Waals surface area contributed by atoms with Crippen molar-refractivity contribution in [3.63, 3.8) is 0 Å². The number of rotatable bonds is 4. The van der Waals surface area contributed by atoms with Crippen molar-refractivity contribution in [2.45, 2.75) is 0 Å². The minimum absolute atomic E-state index is 0.0724. The normalized spacial score (nSPS) is 10.2. The second kappa shape index (κ2) is 6.15. The highest BCUT2D eigenvalue weighted by Gasteiger charge is 2.12. The van der Waals surface area contributed by atoms with Crippen molar-refractivity contribution < 1.29 is 9.90 Å². The van der Waals surface area contributed by atoms with Crippen LogP contribution in [0.5, 0.6) is 5.75 Å². The summed E-state index contributed by atoms with van der Waals surface area (Å²) in [6, 6.07) is 4.84. The molecule has 0 bridgehead atoms. The Hall–Kier alpha value is -0.680. The van der Waals surface area contributed by atoms with Crippen LogP contribution in [0.2, 0.25) is 0 Å². The first kappa shape index (κ1) is 13.4. The van der Waals surface area contributed by atoms with Crippen molar-refractivity contribution in [1.82, 2.24) is 4.90 Å². The number of phenolic OH excluding ortho intramolecular Hbond substituents is 1. The van der Waals surface area contributed by atoms with Crippen molar-refractivity contribution in [3.8, 4) is 5.75 Å². The van der Waals surface area contributed by atoms with Gasteiger partial charge in [0.25, 0.3) is 5.91 Å². The number of nitrogens with zero attached hydrogens (tertiary/aromatic N) is 1. The zero-order valence-electron chi connectivity index (χ0n) is 9.24. The lowest BCUT2D eigenvalue weighted by molar-refractivity contribution is 0.0803. The molecular formula is C11H14BrNO2S. The molecule has 3 nitrogen and oxygen atoms in total. The number of hydrogen-bond acceptors (Lipinski definition) is 3. The van der Waals surface area contributed by atoms with Crippen LogP contribution in [0.3, 0.4) is 0 Å². The summed E-state index contributed by atoms with van der Waals surface area (Å²) in [5.74, 6) is 0.922. The van der Waals surface area contributed by atoms with Crippen LogP contribution in [0.25, 0.3) is 0 Å². The van der Waals surface area contributed by atoms with Gasteiger partial charge in [0, 0.05) is 24.9 Å². The van der Waals surface area contributed by atoms with Gasteiger partial charge in [-0.15, -0.1) is 0 Å². The Labute approximate surface area is 108 Å². The molecule has 0 aliphatic rings. The first-order chi connectivity index (χ1) is 7.56. The van der Waals surface area contributed by atoms with E-state index < -0.39 is 0 Å². The summed E-state index contributed by atoms with van der Waals surface area (Å²) in [5.41, 5.74) is 0.504. The van der Waals surface area contributed by atoms with E-state index in [0.717, 1.165) is 5.75 Å². The average molecular weight is 304 g/mol.